The molecule has 4 heteroatoms. The third-order valence-electron chi connectivity index (χ3n) is 3.75. The fourth-order valence-corrected chi connectivity index (χ4v) is 2.32. The van der Waals surface area contributed by atoms with E-state index in [9.17, 15) is 4.79 Å². The number of likely N-dealkylation sites (N-methyl/N-ethyl adjacent to an activating group) is 1. The summed E-state index contributed by atoms with van der Waals surface area (Å²) >= 11 is 0. The van der Waals surface area contributed by atoms with Crippen LogP contribution in [0.3, 0.4) is 0 Å². The summed E-state index contributed by atoms with van der Waals surface area (Å²) in [5, 5.41) is 3.28. The van der Waals surface area contributed by atoms with Crippen LogP contribution in [0.2, 0.25) is 0 Å². The largest absolute Gasteiger partial charge is 0.327 e. The molecule has 1 aromatic heterocycles. The Morgan fingerprint density at radius 1 is 1.10 bits per heavy atom. The van der Waals surface area contributed by atoms with E-state index in [4.69, 9.17) is 0 Å². The molecule has 0 aliphatic rings. The van der Waals surface area contributed by atoms with Crippen molar-refractivity contribution in [3.05, 3.63) is 58.3 Å². The normalized spacial score (nSPS) is 12.8. The van der Waals surface area contributed by atoms with E-state index in [2.05, 4.69) is 43.4 Å². The van der Waals surface area contributed by atoms with Crippen LogP contribution in [0.1, 0.15) is 36.9 Å². The third kappa shape index (κ3) is 3.02. The van der Waals surface area contributed by atoms with E-state index in [1.165, 1.54) is 11.1 Å². The van der Waals surface area contributed by atoms with E-state index in [0.717, 1.165) is 0 Å². The summed E-state index contributed by atoms with van der Waals surface area (Å²) in [6.07, 6.45) is 3.62. The van der Waals surface area contributed by atoms with Crippen molar-refractivity contribution in [2.75, 3.05) is 7.05 Å². The molecule has 1 heterocycles. The molecule has 0 fully saturated rings. The highest BCUT2D eigenvalue weighted by atomic mass is 16.1. The second kappa shape index (κ2) is 6.09. The van der Waals surface area contributed by atoms with Crippen LogP contribution in [0, 0.1) is 0 Å². The molecule has 2 rings (SSSR count). The van der Waals surface area contributed by atoms with Gasteiger partial charge in [0.25, 0.3) is 0 Å². The van der Waals surface area contributed by atoms with Gasteiger partial charge in [0.05, 0.1) is 6.04 Å². The first-order chi connectivity index (χ1) is 9.52. The van der Waals surface area contributed by atoms with Gasteiger partial charge in [-0.25, -0.2) is 4.79 Å². The number of benzene rings is 1. The van der Waals surface area contributed by atoms with Crippen LogP contribution >= 0.6 is 0 Å². The fourth-order valence-electron chi connectivity index (χ4n) is 2.32. The summed E-state index contributed by atoms with van der Waals surface area (Å²) in [5.41, 5.74) is 2.55. The average Bonchev–Trinajstić information content (AvgIpc) is 2.76. The monoisotopic (exact) mass is 273 g/mol. The minimum absolute atomic E-state index is 0.0176. The molecule has 1 aromatic carbocycles. The van der Waals surface area contributed by atoms with Gasteiger partial charge < -0.3 is 9.88 Å². The Labute approximate surface area is 120 Å². The van der Waals surface area contributed by atoms with Gasteiger partial charge in [0.15, 0.2) is 0 Å². The summed E-state index contributed by atoms with van der Waals surface area (Å²) in [4.78, 5) is 11.9. The van der Waals surface area contributed by atoms with Crippen molar-refractivity contribution in [2.24, 2.45) is 7.05 Å². The van der Waals surface area contributed by atoms with E-state index in [1.807, 2.05) is 13.2 Å². The molecular formula is C16H23N3O. The topological polar surface area (TPSA) is 39.0 Å². The second-order valence-corrected chi connectivity index (χ2v) is 5.51. The van der Waals surface area contributed by atoms with Gasteiger partial charge >= 0.3 is 5.69 Å². The molecule has 0 saturated carbocycles. The molecule has 0 saturated heterocycles. The molecule has 1 atom stereocenters. The molecule has 1 unspecified atom stereocenters. The van der Waals surface area contributed by atoms with Gasteiger partial charge in [0.1, 0.15) is 0 Å². The number of hydrogen-bond acceptors (Lipinski definition) is 2. The van der Waals surface area contributed by atoms with Crippen molar-refractivity contribution in [1.82, 2.24) is 14.5 Å². The Hall–Kier alpha value is -1.81. The van der Waals surface area contributed by atoms with Gasteiger partial charge in [0.2, 0.25) is 0 Å². The summed E-state index contributed by atoms with van der Waals surface area (Å²) in [7, 11) is 3.69. The smallest absolute Gasteiger partial charge is 0.312 e. The van der Waals surface area contributed by atoms with Crippen LogP contribution < -0.4 is 11.0 Å². The van der Waals surface area contributed by atoms with Crippen LogP contribution in [0.4, 0.5) is 0 Å². The molecule has 0 radical (unpaired) electrons. The predicted molar refractivity (Wildman–Crippen MR) is 82.0 cm³/mol. The minimum atomic E-state index is 0.0176. The number of hydrogen-bond donors (Lipinski definition) is 1. The second-order valence-electron chi connectivity index (χ2n) is 5.51. The summed E-state index contributed by atoms with van der Waals surface area (Å²) in [5.74, 6) is 0.536. The lowest BCUT2D eigenvalue weighted by molar-refractivity contribution is 0.487. The predicted octanol–water partition coefficient (Wildman–Crippen LogP) is 2.27. The first-order valence-electron chi connectivity index (χ1n) is 7.01. The number of rotatable bonds is 5. The van der Waals surface area contributed by atoms with E-state index in [1.54, 1.807) is 22.4 Å². The molecule has 0 aliphatic carbocycles. The number of imidazole rings is 1. The van der Waals surface area contributed by atoms with Gasteiger partial charge in [-0.05, 0) is 24.1 Å². The number of nitrogens with zero attached hydrogens (tertiary/aromatic N) is 2. The lowest BCUT2D eigenvalue weighted by atomic mass is 9.99. The van der Waals surface area contributed by atoms with Gasteiger partial charge in [-0.3, -0.25) is 4.57 Å². The van der Waals surface area contributed by atoms with Gasteiger partial charge in [-0.15, -0.1) is 0 Å². The van der Waals surface area contributed by atoms with Gasteiger partial charge in [-0.1, -0.05) is 38.1 Å². The van der Waals surface area contributed by atoms with Crippen molar-refractivity contribution >= 4 is 0 Å². The van der Waals surface area contributed by atoms with E-state index < -0.39 is 0 Å². The Kier molecular flexibility index (Phi) is 4.45. The number of aromatic nitrogens is 2. The minimum Gasteiger partial charge on any atom is -0.312 e. The fraction of sp³-hybridized carbons (Fsp3) is 0.438. The van der Waals surface area contributed by atoms with Crippen molar-refractivity contribution in [3.63, 3.8) is 0 Å². The highest BCUT2D eigenvalue weighted by Gasteiger charge is 2.12. The van der Waals surface area contributed by atoms with Crippen molar-refractivity contribution < 1.29 is 0 Å². The first-order valence-corrected chi connectivity index (χ1v) is 7.01. The molecule has 1 N–H and O–H groups in total. The molecule has 2 aromatic rings. The Morgan fingerprint density at radius 3 is 2.15 bits per heavy atom. The third-order valence-corrected chi connectivity index (χ3v) is 3.75. The van der Waals surface area contributed by atoms with Gasteiger partial charge in [0, 0.05) is 26.0 Å². The van der Waals surface area contributed by atoms with E-state index >= 15 is 0 Å². The number of aryl methyl sites for hydroxylation is 1. The highest BCUT2D eigenvalue weighted by Crippen LogP contribution is 2.19. The van der Waals surface area contributed by atoms with Gasteiger partial charge in [-0.2, -0.15) is 0 Å². The van der Waals surface area contributed by atoms with E-state index in [0.29, 0.717) is 12.5 Å². The summed E-state index contributed by atoms with van der Waals surface area (Å²) in [6, 6.07) is 8.75. The number of nitrogens with one attached hydrogen (secondary N) is 1. The zero-order valence-corrected chi connectivity index (χ0v) is 12.6. The van der Waals surface area contributed by atoms with Crippen molar-refractivity contribution in [3.8, 4) is 0 Å². The van der Waals surface area contributed by atoms with Crippen molar-refractivity contribution in [2.45, 2.75) is 32.4 Å². The Bertz CT molecular complexity index is 607. The molecule has 0 aliphatic heterocycles. The van der Waals surface area contributed by atoms with Crippen LogP contribution in [-0.2, 0) is 13.6 Å². The standard InChI is InChI=1S/C16H23N3O/c1-12(2)13-5-7-14(8-6-13)15(17-3)11-19-10-9-18(4)16(19)20/h5-10,12,15,17H,11H2,1-4H3. The average molecular weight is 273 g/mol. The van der Waals surface area contributed by atoms with Crippen molar-refractivity contribution in [1.29, 1.82) is 0 Å². The lowest BCUT2D eigenvalue weighted by Gasteiger charge is -2.17. The zero-order chi connectivity index (χ0) is 14.7. The quantitative estimate of drug-likeness (QED) is 0.907. The van der Waals surface area contributed by atoms with Crippen LogP contribution in [-0.4, -0.2) is 16.2 Å². The summed E-state index contributed by atoms with van der Waals surface area (Å²) in [6.45, 7) is 5.01. The van der Waals surface area contributed by atoms with Crippen LogP contribution in [0.15, 0.2) is 41.5 Å². The molecule has 20 heavy (non-hydrogen) atoms. The molecular weight excluding hydrogens is 250 g/mol. The highest BCUT2D eigenvalue weighted by molar-refractivity contribution is 5.26. The molecule has 108 valence electrons. The molecule has 4 nitrogen and oxygen atoms in total. The molecule has 0 bridgehead atoms. The maximum atomic E-state index is 11.9. The molecule has 0 spiro atoms. The van der Waals surface area contributed by atoms with Crippen LogP contribution in [0.5, 0.6) is 0 Å². The molecule has 0 amide bonds. The van der Waals surface area contributed by atoms with E-state index in [-0.39, 0.29) is 11.7 Å². The maximum absolute atomic E-state index is 11.9. The Balaban J connectivity index is 2.20. The maximum Gasteiger partial charge on any atom is 0.327 e. The van der Waals surface area contributed by atoms with Crippen LogP contribution in [0.25, 0.3) is 0 Å². The summed E-state index contributed by atoms with van der Waals surface area (Å²) < 4.78 is 3.33. The first kappa shape index (κ1) is 14.6. The Morgan fingerprint density at radius 2 is 1.70 bits per heavy atom. The zero-order valence-electron chi connectivity index (χ0n) is 12.6. The lowest BCUT2D eigenvalue weighted by Crippen LogP contribution is -2.29. The SMILES string of the molecule is CNC(Cn1ccn(C)c1=O)c1ccc(C(C)C)cc1.